The monoisotopic (exact) mass is 224 g/mol. The molecule has 1 unspecified atom stereocenters. The zero-order valence-electron chi connectivity index (χ0n) is 9.94. The van der Waals surface area contributed by atoms with Crippen molar-refractivity contribution in [3.8, 4) is 11.5 Å². The molecule has 0 radical (unpaired) electrons. The van der Waals surface area contributed by atoms with E-state index in [4.69, 9.17) is 14.2 Å². The maximum Gasteiger partial charge on any atom is 0.191 e. The number of benzene rings is 1. The second kappa shape index (κ2) is 5.51. The molecule has 0 aliphatic carbocycles. The summed E-state index contributed by atoms with van der Waals surface area (Å²) < 4.78 is 15.2. The summed E-state index contributed by atoms with van der Waals surface area (Å²) in [5.41, 5.74) is 0.548. The molecule has 0 N–H and O–H groups in total. The Bertz CT molecular complexity index is 373. The van der Waals surface area contributed by atoms with Crippen molar-refractivity contribution < 1.29 is 19.0 Å². The smallest absolute Gasteiger partial charge is 0.191 e. The van der Waals surface area contributed by atoms with Crippen LogP contribution in [0, 0.1) is 0 Å². The van der Waals surface area contributed by atoms with E-state index in [1.54, 1.807) is 32.2 Å². The molecule has 4 heteroatoms. The molecule has 0 saturated heterocycles. The standard InChI is InChI=1S/C12H16O4/c1-8(14-2)12(13)9-5-6-10(15-3)11(7-9)16-4/h5-8H,1-4H3. The van der Waals surface area contributed by atoms with Gasteiger partial charge in [0.15, 0.2) is 17.3 Å². The van der Waals surface area contributed by atoms with Crippen LogP contribution in [0.1, 0.15) is 17.3 Å². The summed E-state index contributed by atoms with van der Waals surface area (Å²) in [6.45, 7) is 1.71. The lowest BCUT2D eigenvalue weighted by Gasteiger charge is -2.11. The number of carbonyl (C=O) groups excluding carboxylic acids is 1. The Morgan fingerprint density at radius 2 is 1.75 bits per heavy atom. The van der Waals surface area contributed by atoms with Crippen LogP contribution in [0.25, 0.3) is 0 Å². The number of hydrogen-bond donors (Lipinski definition) is 0. The first-order valence-corrected chi connectivity index (χ1v) is 4.93. The van der Waals surface area contributed by atoms with Crippen molar-refractivity contribution in [3.63, 3.8) is 0 Å². The van der Waals surface area contributed by atoms with Gasteiger partial charge in [-0.2, -0.15) is 0 Å². The second-order valence-corrected chi connectivity index (χ2v) is 3.31. The third-order valence-corrected chi connectivity index (χ3v) is 2.39. The quantitative estimate of drug-likeness (QED) is 0.717. The van der Waals surface area contributed by atoms with Crippen LogP contribution in [0.4, 0.5) is 0 Å². The first-order valence-electron chi connectivity index (χ1n) is 4.93. The minimum Gasteiger partial charge on any atom is -0.493 e. The third kappa shape index (κ3) is 2.52. The summed E-state index contributed by atoms with van der Waals surface area (Å²) in [5, 5.41) is 0. The van der Waals surface area contributed by atoms with Gasteiger partial charge in [0.05, 0.1) is 14.2 Å². The average Bonchev–Trinajstić information content (AvgIpc) is 2.35. The lowest BCUT2D eigenvalue weighted by molar-refractivity contribution is 0.0655. The van der Waals surface area contributed by atoms with Crippen molar-refractivity contribution in [2.45, 2.75) is 13.0 Å². The molecular weight excluding hydrogens is 208 g/mol. The molecule has 0 bridgehead atoms. The molecule has 0 aliphatic heterocycles. The SMILES string of the molecule is COc1ccc(C(=O)C(C)OC)cc1OC. The number of Topliss-reactive ketones (excluding diaryl/α,β-unsaturated/α-hetero) is 1. The predicted octanol–water partition coefficient (Wildman–Crippen LogP) is 1.92. The number of carbonyl (C=O) groups is 1. The summed E-state index contributed by atoms with van der Waals surface area (Å²) in [5.74, 6) is 1.06. The van der Waals surface area contributed by atoms with E-state index in [1.165, 1.54) is 14.2 Å². The largest absolute Gasteiger partial charge is 0.493 e. The van der Waals surface area contributed by atoms with Crippen LogP contribution in [0.15, 0.2) is 18.2 Å². The van der Waals surface area contributed by atoms with E-state index >= 15 is 0 Å². The van der Waals surface area contributed by atoms with Crippen LogP contribution in [0.2, 0.25) is 0 Å². The van der Waals surface area contributed by atoms with Crippen molar-refractivity contribution in [2.75, 3.05) is 21.3 Å². The molecule has 0 amide bonds. The molecule has 0 spiro atoms. The Morgan fingerprint density at radius 1 is 1.12 bits per heavy atom. The number of methoxy groups -OCH3 is 3. The zero-order valence-corrected chi connectivity index (χ0v) is 9.94. The second-order valence-electron chi connectivity index (χ2n) is 3.31. The van der Waals surface area contributed by atoms with E-state index in [0.29, 0.717) is 17.1 Å². The van der Waals surface area contributed by atoms with Crippen molar-refractivity contribution in [1.82, 2.24) is 0 Å². The molecule has 1 rings (SSSR count). The van der Waals surface area contributed by atoms with Crippen LogP contribution in [-0.4, -0.2) is 33.2 Å². The van der Waals surface area contributed by atoms with Crippen LogP contribution < -0.4 is 9.47 Å². The minimum atomic E-state index is -0.460. The molecule has 1 atom stereocenters. The number of ketones is 1. The molecule has 16 heavy (non-hydrogen) atoms. The summed E-state index contributed by atoms with van der Waals surface area (Å²) >= 11 is 0. The molecule has 0 saturated carbocycles. The molecule has 0 heterocycles. The maximum atomic E-state index is 11.8. The maximum absolute atomic E-state index is 11.8. The first kappa shape index (κ1) is 12.5. The fraction of sp³-hybridized carbons (Fsp3) is 0.417. The normalized spacial score (nSPS) is 12.0. The Kier molecular flexibility index (Phi) is 4.31. The molecule has 1 aromatic carbocycles. The Hall–Kier alpha value is -1.55. The summed E-state index contributed by atoms with van der Waals surface area (Å²) in [6.07, 6.45) is -0.460. The van der Waals surface area contributed by atoms with Gasteiger partial charge in [-0.05, 0) is 25.1 Å². The lowest BCUT2D eigenvalue weighted by Crippen LogP contribution is -2.19. The zero-order chi connectivity index (χ0) is 12.1. The average molecular weight is 224 g/mol. The van der Waals surface area contributed by atoms with E-state index in [1.807, 2.05) is 0 Å². The van der Waals surface area contributed by atoms with E-state index in [-0.39, 0.29) is 5.78 Å². The highest BCUT2D eigenvalue weighted by Gasteiger charge is 2.16. The fourth-order valence-corrected chi connectivity index (χ4v) is 1.33. The molecule has 4 nitrogen and oxygen atoms in total. The van der Waals surface area contributed by atoms with Crippen LogP contribution in [0.3, 0.4) is 0 Å². The highest BCUT2D eigenvalue weighted by Crippen LogP contribution is 2.28. The van der Waals surface area contributed by atoms with Gasteiger partial charge in [-0.3, -0.25) is 4.79 Å². The van der Waals surface area contributed by atoms with E-state index in [2.05, 4.69) is 0 Å². The molecule has 0 aromatic heterocycles. The number of rotatable bonds is 5. The van der Waals surface area contributed by atoms with Gasteiger partial charge in [0, 0.05) is 12.7 Å². The molecule has 0 aliphatic rings. The Morgan fingerprint density at radius 3 is 2.25 bits per heavy atom. The van der Waals surface area contributed by atoms with Gasteiger partial charge in [0.25, 0.3) is 0 Å². The van der Waals surface area contributed by atoms with Gasteiger partial charge in [-0.15, -0.1) is 0 Å². The summed E-state index contributed by atoms with van der Waals surface area (Å²) in [6, 6.07) is 5.05. The molecule has 0 fully saturated rings. The van der Waals surface area contributed by atoms with Gasteiger partial charge in [0.2, 0.25) is 0 Å². The van der Waals surface area contributed by atoms with Gasteiger partial charge in [-0.1, -0.05) is 0 Å². The summed E-state index contributed by atoms with van der Waals surface area (Å²) in [7, 11) is 4.59. The topological polar surface area (TPSA) is 44.8 Å². The van der Waals surface area contributed by atoms with Gasteiger partial charge >= 0.3 is 0 Å². The molecule has 1 aromatic rings. The van der Waals surface area contributed by atoms with Crippen LogP contribution >= 0.6 is 0 Å². The van der Waals surface area contributed by atoms with E-state index < -0.39 is 6.10 Å². The first-order chi connectivity index (χ1) is 7.63. The van der Waals surface area contributed by atoms with Crippen LogP contribution in [0.5, 0.6) is 11.5 Å². The van der Waals surface area contributed by atoms with Crippen molar-refractivity contribution in [3.05, 3.63) is 23.8 Å². The number of ether oxygens (including phenoxy) is 3. The van der Waals surface area contributed by atoms with Crippen LogP contribution in [-0.2, 0) is 4.74 Å². The van der Waals surface area contributed by atoms with Crippen molar-refractivity contribution >= 4 is 5.78 Å². The predicted molar refractivity (Wildman–Crippen MR) is 60.3 cm³/mol. The fourth-order valence-electron chi connectivity index (χ4n) is 1.33. The van der Waals surface area contributed by atoms with Crippen molar-refractivity contribution in [2.24, 2.45) is 0 Å². The molecular formula is C12H16O4. The lowest BCUT2D eigenvalue weighted by atomic mass is 10.1. The third-order valence-electron chi connectivity index (χ3n) is 2.39. The highest BCUT2D eigenvalue weighted by molar-refractivity contribution is 5.99. The van der Waals surface area contributed by atoms with E-state index in [9.17, 15) is 4.79 Å². The highest BCUT2D eigenvalue weighted by atomic mass is 16.5. The summed E-state index contributed by atoms with van der Waals surface area (Å²) in [4.78, 5) is 11.8. The Labute approximate surface area is 95.1 Å². The number of hydrogen-bond acceptors (Lipinski definition) is 4. The van der Waals surface area contributed by atoms with Crippen molar-refractivity contribution in [1.29, 1.82) is 0 Å². The van der Waals surface area contributed by atoms with E-state index in [0.717, 1.165) is 0 Å². The van der Waals surface area contributed by atoms with Gasteiger partial charge in [-0.25, -0.2) is 0 Å². The minimum absolute atomic E-state index is 0.0801. The van der Waals surface area contributed by atoms with Gasteiger partial charge < -0.3 is 14.2 Å². The molecule has 88 valence electrons. The van der Waals surface area contributed by atoms with Gasteiger partial charge in [0.1, 0.15) is 6.10 Å². The Balaban J connectivity index is 3.03.